The minimum absolute atomic E-state index is 0.283. The lowest BCUT2D eigenvalue weighted by atomic mass is 10.0. The summed E-state index contributed by atoms with van der Waals surface area (Å²) in [7, 11) is 1.49. The van der Waals surface area contributed by atoms with Crippen LogP contribution in [0.3, 0.4) is 0 Å². The van der Waals surface area contributed by atoms with Gasteiger partial charge in [0.25, 0.3) is 0 Å². The molecule has 0 atom stereocenters. The van der Waals surface area contributed by atoms with E-state index in [2.05, 4.69) is 4.98 Å². The lowest BCUT2D eigenvalue weighted by Gasteiger charge is -2.07. The number of carbonyl (C=O) groups is 1. The number of aldehydes is 1. The van der Waals surface area contributed by atoms with Crippen LogP contribution in [0.15, 0.2) is 36.5 Å². The Kier molecular flexibility index (Phi) is 3.14. The van der Waals surface area contributed by atoms with Crippen molar-refractivity contribution < 1.29 is 13.9 Å². The van der Waals surface area contributed by atoms with Gasteiger partial charge in [0.05, 0.1) is 7.11 Å². The molecular formula is C13H10FNO2. The van der Waals surface area contributed by atoms with Gasteiger partial charge in [-0.3, -0.25) is 4.79 Å². The van der Waals surface area contributed by atoms with Gasteiger partial charge in [-0.05, 0) is 35.9 Å². The van der Waals surface area contributed by atoms with Crippen molar-refractivity contribution in [3.05, 3.63) is 47.9 Å². The minimum Gasteiger partial charge on any atom is -0.481 e. The molecule has 1 heterocycles. The molecule has 0 aliphatic rings. The van der Waals surface area contributed by atoms with Crippen molar-refractivity contribution in [1.29, 1.82) is 0 Å². The van der Waals surface area contributed by atoms with Gasteiger partial charge >= 0.3 is 0 Å². The van der Waals surface area contributed by atoms with Crippen LogP contribution in [0.2, 0.25) is 0 Å². The second-order valence-electron chi connectivity index (χ2n) is 3.45. The second-order valence-corrected chi connectivity index (χ2v) is 3.45. The van der Waals surface area contributed by atoms with E-state index in [1.807, 2.05) is 0 Å². The Morgan fingerprint density at radius 1 is 1.35 bits per heavy atom. The SMILES string of the molecule is COc1ncccc1-c1cc(F)cc(C=O)c1. The molecule has 86 valence electrons. The van der Waals surface area contributed by atoms with E-state index in [1.165, 1.54) is 19.2 Å². The second kappa shape index (κ2) is 4.74. The van der Waals surface area contributed by atoms with Gasteiger partial charge in [-0.2, -0.15) is 0 Å². The number of rotatable bonds is 3. The van der Waals surface area contributed by atoms with Crippen molar-refractivity contribution >= 4 is 6.29 Å². The average Bonchev–Trinajstić information content (AvgIpc) is 2.37. The van der Waals surface area contributed by atoms with Crippen LogP contribution in [-0.4, -0.2) is 18.4 Å². The zero-order chi connectivity index (χ0) is 12.3. The van der Waals surface area contributed by atoms with Gasteiger partial charge in [0.15, 0.2) is 0 Å². The number of nitrogens with zero attached hydrogens (tertiary/aromatic N) is 1. The maximum absolute atomic E-state index is 13.3. The average molecular weight is 231 g/mol. The molecule has 0 radical (unpaired) electrons. The van der Waals surface area contributed by atoms with E-state index >= 15 is 0 Å². The first-order valence-corrected chi connectivity index (χ1v) is 4.99. The van der Waals surface area contributed by atoms with Crippen LogP contribution in [0, 0.1) is 5.82 Å². The molecule has 0 unspecified atom stereocenters. The predicted molar refractivity (Wildman–Crippen MR) is 61.6 cm³/mol. The number of aromatic nitrogens is 1. The first-order chi connectivity index (χ1) is 8.24. The van der Waals surface area contributed by atoms with E-state index in [9.17, 15) is 9.18 Å². The van der Waals surface area contributed by atoms with Gasteiger partial charge < -0.3 is 4.74 Å². The molecule has 0 amide bonds. The summed E-state index contributed by atoms with van der Waals surface area (Å²) in [6.45, 7) is 0. The van der Waals surface area contributed by atoms with Crippen LogP contribution in [0.25, 0.3) is 11.1 Å². The van der Waals surface area contributed by atoms with Crippen molar-refractivity contribution in [2.75, 3.05) is 7.11 Å². The molecule has 1 aromatic heterocycles. The van der Waals surface area contributed by atoms with E-state index in [-0.39, 0.29) is 5.56 Å². The quantitative estimate of drug-likeness (QED) is 0.762. The molecule has 0 aliphatic carbocycles. The number of pyridine rings is 1. The maximum Gasteiger partial charge on any atom is 0.221 e. The van der Waals surface area contributed by atoms with E-state index in [0.29, 0.717) is 23.3 Å². The summed E-state index contributed by atoms with van der Waals surface area (Å²) in [5.74, 6) is -0.0644. The number of benzene rings is 1. The summed E-state index contributed by atoms with van der Waals surface area (Å²) in [4.78, 5) is 14.7. The topological polar surface area (TPSA) is 39.2 Å². The Morgan fingerprint density at radius 2 is 2.18 bits per heavy atom. The van der Waals surface area contributed by atoms with E-state index in [0.717, 1.165) is 0 Å². The van der Waals surface area contributed by atoms with Crippen molar-refractivity contribution in [3.8, 4) is 17.0 Å². The predicted octanol–water partition coefficient (Wildman–Crippen LogP) is 2.71. The molecule has 2 rings (SSSR count). The van der Waals surface area contributed by atoms with Gasteiger partial charge in [0.1, 0.15) is 12.1 Å². The Labute approximate surface area is 97.9 Å². The molecule has 4 heteroatoms. The zero-order valence-corrected chi connectivity index (χ0v) is 9.18. The zero-order valence-electron chi connectivity index (χ0n) is 9.18. The van der Waals surface area contributed by atoms with Crippen molar-refractivity contribution in [2.24, 2.45) is 0 Å². The Morgan fingerprint density at radius 3 is 2.88 bits per heavy atom. The fourth-order valence-corrected chi connectivity index (χ4v) is 1.61. The Bertz CT molecular complexity index is 555. The molecule has 0 spiro atoms. The third kappa shape index (κ3) is 2.30. The van der Waals surface area contributed by atoms with Crippen molar-refractivity contribution in [1.82, 2.24) is 4.98 Å². The molecule has 0 saturated carbocycles. The van der Waals surface area contributed by atoms with Crippen LogP contribution < -0.4 is 4.74 Å². The molecule has 0 fully saturated rings. The fourth-order valence-electron chi connectivity index (χ4n) is 1.61. The van der Waals surface area contributed by atoms with Crippen LogP contribution >= 0.6 is 0 Å². The summed E-state index contributed by atoms with van der Waals surface area (Å²) in [6.07, 6.45) is 2.19. The van der Waals surface area contributed by atoms with Crippen LogP contribution in [-0.2, 0) is 0 Å². The Balaban J connectivity index is 2.59. The number of ether oxygens (including phenoxy) is 1. The summed E-state index contributed by atoms with van der Waals surface area (Å²) in [5.41, 5.74) is 1.50. The van der Waals surface area contributed by atoms with Gasteiger partial charge in [0, 0.05) is 17.3 Å². The minimum atomic E-state index is -0.462. The summed E-state index contributed by atoms with van der Waals surface area (Å²) in [5, 5.41) is 0. The standard InChI is InChI=1S/C13H10FNO2/c1-17-13-12(3-2-4-15-13)10-5-9(8-16)6-11(14)7-10/h2-8H,1H3. The molecule has 1 aromatic carbocycles. The summed E-state index contributed by atoms with van der Waals surface area (Å²) in [6, 6.07) is 7.60. The van der Waals surface area contributed by atoms with E-state index in [4.69, 9.17) is 4.74 Å². The smallest absolute Gasteiger partial charge is 0.221 e. The lowest BCUT2D eigenvalue weighted by Crippen LogP contribution is -1.92. The van der Waals surface area contributed by atoms with Gasteiger partial charge in [0.2, 0.25) is 5.88 Å². The summed E-state index contributed by atoms with van der Waals surface area (Å²) < 4.78 is 18.4. The number of carbonyl (C=O) groups excluding carboxylic acids is 1. The van der Waals surface area contributed by atoms with Crippen molar-refractivity contribution in [3.63, 3.8) is 0 Å². The lowest BCUT2D eigenvalue weighted by molar-refractivity contribution is 0.112. The third-order valence-electron chi connectivity index (χ3n) is 2.33. The molecular weight excluding hydrogens is 221 g/mol. The van der Waals surface area contributed by atoms with Gasteiger partial charge in [-0.15, -0.1) is 0 Å². The number of methoxy groups -OCH3 is 1. The van der Waals surface area contributed by atoms with E-state index in [1.54, 1.807) is 24.4 Å². The van der Waals surface area contributed by atoms with Crippen LogP contribution in [0.1, 0.15) is 10.4 Å². The first-order valence-electron chi connectivity index (χ1n) is 4.99. The molecule has 3 nitrogen and oxygen atoms in total. The van der Waals surface area contributed by atoms with Gasteiger partial charge in [-0.1, -0.05) is 0 Å². The Hall–Kier alpha value is -2.23. The van der Waals surface area contributed by atoms with E-state index < -0.39 is 5.82 Å². The van der Waals surface area contributed by atoms with Crippen molar-refractivity contribution in [2.45, 2.75) is 0 Å². The van der Waals surface area contributed by atoms with Gasteiger partial charge in [-0.25, -0.2) is 9.37 Å². The number of hydrogen-bond donors (Lipinski definition) is 0. The molecule has 0 aliphatic heterocycles. The molecule has 0 N–H and O–H groups in total. The first kappa shape index (κ1) is 11.3. The molecule has 0 saturated heterocycles. The fraction of sp³-hybridized carbons (Fsp3) is 0.0769. The normalized spacial score (nSPS) is 10.0. The van der Waals surface area contributed by atoms with Crippen LogP contribution in [0.4, 0.5) is 4.39 Å². The van der Waals surface area contributed by atoms with Crippen LogP contribution in [0.5, 0.6) is 5.88 Å². The highest BCUT2D eigenvalue weighted by Crippen LogP contribution is 2.28. The monoisotopic (exact) mass is 231 g/mol. The number of halogens is 1. The molecule has 17 heavy (non-hydrogen) atoms. The molecule has 0 bridgehead atoms. The number of hydrogen-bond acceptors (Lipinski definition) is 3. The third-order valence-corrected chi connectivity index (χ3v) is 2.33. The molecule has 2 aromatic rings. The highest BCUT2D eigenvalue weighted by atomic mass is 19.1. The highest BCUT2D eigenvalue weighted by Gasteiger charge is 2.08. The highest BCUT2D eigenvalue weighted by molar-refractivity contribution is 5.80. The largest absolute Gasteiger partial charge is 0.481 e. The summed E-state index contributed by atoms with van der Waals surface area (Å²) >= 11 is 0. The maximum atomic E-state index is 13.3.